The second-order valence-corrected chi connectivity index (χ2v) is 13.3. The predicted octanol–water partition coefficient (Wildman–Crippen LogP) is 13.5. The third kappa shape index (κ3) is 9.72. The summed E-state index contributed by atoms with van der Waals surface area (Å²) in [7, 11) is 0. The highest BCUT2D eigenvalue weighted by molar-refractivity contribution is 5.70. The molecule has 0 aliphatic heterocycles. The zero-order chi connectivity index (χ0) is 31.1. The van der Waals surface area contributed by atoms with Crippen molar-refractivity contribution in [1.29, 1.82) is 0 Å². The van der Waals surface area contributed by atoms with E-state index < -0.39 is 0 Å². The fraction of sp³-hybridized carbons (Fsp3) is 0.619. The smallest absolute Gasteiger partial charge is 0.00673 e. The second-order valence-electron chi connectivity index (χ2n) is 13.3. The van der Waals surface area contributed by atoms with Gasteiger partial charge in [0.15, 0.2) is 0 Å². The summed E-state index contributed by atoms with van der Waals surface area (Å²) in [5.41, 5.74) is 9.51. The largest absolute Gasteiger partial charge is 0.0836 e. The Morgan fingerprint density at radius 3 is 1.90 bits per heavy atom. The first-order chi connectivity index (χ1) is 20.3. The van der Waals surface area contributed by atoms with E-state index in [1.54, 1.807) is 22.3 Å². The van der Waals surface area contributed by atoms with Gasteiger partial charge < -0.3 is 0 Å². The van der Waals surface area contributed by atoms with Gasteiger partial charge >= 0.3 is 0 Å². The Kier molecular flexibility index (Phi) is 16.0. The zero-order valence-corrected chi connectivity index (χ0v) is 29.4. The molecule has 4 atom stereocenters. The van der Waals surface area contributed by atoms with Crippen molar-refractivity contribution >= 4 is 5.57 Å². The van der Waals surface area contributed by atoms with Gasteiger partial charge in [0, 0.05) is 0 Å². The lowest BCUT2D eigenvalue weighted by atomic mass is 9.59. The molecule has 3 aliphatic carbocycles. The molecule has 2 fully saturated rings. The van der Waals surface area contributed by atoms with Gasteiger partial charge in [0.1, 0.15) is 0 Å². The van der Waals surface area contributed by atoms with Gasteiger partial charge in [-0.05, 0) is 116 Å². The normalized spacial score (nSPS) is 27.3. The lowest BCUT2D eigenvalue weighted by Gasteiger charge is -2.46. The molecule has 2 unspecified atom stereocenters. The third-order valence-corrected chi connectivity index (χ3v) is 10.6. The van der Waals surface area contributed by atoms with Crippen molar-refractivity contribution in [2.75, 3.05) is 0 Å². The fourth-order valence-electron chi connectivity index (χ4n) is 7.95. The van der Waals surface area contributed by atoms with Crippen LogP contribution in [0, 0.1) is 29.1 Å². The topological polar surface area (TPSA) is 0 Å². The molecule has 0 bridgehead atoms. The number of benzene rings is 1. The number of hydrogen-bond acceptors (Lipinski definition) is 0. The molecule has 0 spiro atoms. The van der Waals surface area contributed by atoms with E-state index in [1.165, 1.54) is 68.9 Å². The van der Waals surface area contributed by atoms with Crippen LogP contribution in [0.15, 0.2) is 77.4 Å². The van der Waals surface area contributed by atoms with Crippen LogP contribution >= 0.6 is 0 Å². The van der Waals surface area contributed by atoms with Crippen molar-refractivity contribution in [3.05, 3.63) is 88.6 Å². The van der Waals surface area contributed by atoms with E-state index in [-0.39, 0.29) is 0 Å². The molecule has 0 amide bonds. The van der Waals surface area contributed by atoms with Crippen LogP contribution in [0.5, 0.6) is 0 Å². The molecule has 2 saturated carbocycles. The van der Waals surface area contributed by atoms with Gasteiger partial charge in [-0.25, -0.2) is 0 Å². The highest BCUT2D eigenvalue weighted by Crippen LogP contribution is 2.52. The summed E-state index contributed by atoms with van der Waals surface area (Å²) in [6.45, 7) is 22.7. The molecule has 0 nitrogen and oxygen atoms in total. The van der Waals surface area contributed by atoms with Gasteiger partial charge in [-0.2, -0.15) is 0 Å². The molecule has 3 aliphatic rings. The Labute approximate surface area is 262 Å². The molecule has 0 aromatic heterocycles. The maximum Gasteiger partial charge on any atom is -0.00673 e. The third-order valence-electron chi connectivity index (χ3n) is 10.6. The van der Waals surface area contributed by atoms with Crippen LogP contribution in [-0.4, -0.2) is 0 Å². The van der Waals surface area contributed by atoms with Crippen LogP contribution in [0.1, 0.15) is 145 Å². The Bertz CT molecular complexity index is 1050. The van der Waals surface area contributed by atoms with E-state index in [2.05, 4.69) is 116 Å². The van der Waals surface area contributed by atoms with Crippen LogP contribution in [0.2, 0.25) is 0 Å². The second kappa shape index (κ2) is 18.6. The molecule has 0 heterocycles. The molecule has 0 saturated heterocycles. The summed E-state index contributed by atoms with van der Waals surface area (Å²) in [6.07, 6.45) is 28.3. The van der Waals surface area contributed by atoms with Crippen LogP contribution in [0.4, 0.5) is 0 Å². The molecule has 42 heavy (non-hydrogen) atoms. The first-order valence-electron chi connectivity index (χ1n) is 17.8. The van der Waals surface area contributed by atoms with Gasteiger partial charge in [-0.3, -0.25) is 0 Å². The minimum Gasteiger partial charge on any atom is -0.0836 e. The molecule has 1 aromatic rings. The van der Waals surface area contributed by atoms with Crippen molar-refractivity contribution in [2.24, 2.45) is 29.1 Å². The molecule has 0 N–H and O–H groups in total. The summed E-state index contributed by atoms with van der Waals surface area (Å²) in [5.74, 6) is 3.26. The Morgan fingerprint density at radius 1 is 0.810 bits per heavy atom. The summed E-state index contributed by atoms with van der Waals surface area (Å²) < 4.78 is 0. The van der Waals surface area contributed by atoms with E-state index >= 15 is 0 Å². The minimum absolute atomic E-state index is 0.327. The summed E-state index contributed by atoms with van der Waals surface area (Å²) in [6, 6.07) is 9.24. The molecule has 0 heteroatoms. The minimum atomic E-state index is 0.327. The molecule has 0 radical (unpaired) electrons. The quantitative estimate of drug-likeness (QED) is 0.298. The average Bonchev–Trinajstić information content (AvgIpc) is 3.42. The number of rotatable bonds is 6. The SMILES string of the molecule is C/C=C(\C1=C(CC)CC=CC=C1)C1CCCCCC1.C/C=C(\c1ccc(CC)cc1)C1(C)C[C@@H](C)C(C)[C@@H](C)C1.CC. The molecule has 1 aromatic carbocycles. The first-order valence-corrected chi connectivity index (χ1v) is 17.8. The lowest BCUT2D eigenvalue weighted by molar-refractivity contribution is 0.111. The number of allylic oxidation sites excluding steroid dienone is 10. The van der Waals surface area contributed by atoms with E-state index in [9.17, 15) is 0 Å². The van der Waals surface area contributed by atoms with Gasteiger partial charge in [0.05, 0.1) is 0 Å². The van der Waals surface area contributed by atoms with Crippen molar-refractivity contribution in [3.8, 4) is 0 Å². The average molecular weight is 571 g/mol. The van der Waals surface area contributed by atoms with Crippen molar-refractivity contribution in [2.45, 2.75) is 140 Å². The van der Waals surface area contributed by atoms with E-state index in [0.717, 1.165) is 36.5 Å². The van der Waals surface area contributed by atoms with Crippen LogP contribution in [0.3, 0.4) is 0 Å². The van der Waals surface area contributed by atoms with Crippen LogP contribution < -0.4 is 0 Å². The Balaban J connectivity index is 0.000000278. The monoisotopic (exact) mass is 571 g/mol. The van der Waals surface area contributed by atoms with Crippen LogP contribution in [0.25, 0.3) is 5.57 Å². The van der Waals surface area contributed by atoms with Gasteiger partial charge in [-0.1, -0.05) is 147 Å². The lowest BCUT2D eigenvalue weighted by Crippen LogP contribution is -2.35. The number of aryl methyl sites for hydroxylation is 1. The first kappa shape index (κ1) is 36.1. The maximum absolute atomic E-state index is 2.48. The summed E-state index contributed by atoms with van der Waals surface area (Å²) in [5, 5.41) is 0. The number of hydrogen-bond donors (Lipinski definition) is 0. The fourth-order valence-corrected chi connectivity index (χ4v) is 7.95. The van der Waals surface area contributed by atoms with E-state index in [1.807, 2.05) is 13.8 Å². The maximum atomic E-state index is 2.48. The van der Waals surface area contributed by atoms with Gasteiger partial charge in [0.25, 0.3) is 0 Å². The summed E-state index contributed by atoms with van der Waals surface area (Å²) >= 11 is 0. The Morgan fingerprint density at radius 2 is 1.40 bits per heavy atom. The zero-order valence-electron chi connectivity index (χ0n) is 29.4. The van der Waals surface area contributed by atoms with E-state index in [4.69, 9.17) is 0 Å². The molecular formula is C42H66. The Hall–Kier alpha value is -2.08. The highest BCUT2D eigenvalue weighted by Gasteiger charge is 2.40. The predicted molar refractivity (Wildman–Crippen MR) is 191 cm³/mol. The van der Waals surface area contributed by atoms with Crippen molar-refractivity contribution < 1.29 is 0 Å². The van der Waals surface area contributed by atoms with Gasteiger partial charge in [-0.15, -0.1) is 0 Å². The standard InChI is InChI=1S/C21H32.C19H28.C2H6/c1-7-18-9-11-19(12-10-18)20(8-2)21(6)13-15(3)17(5)16(4)14-21;1-3-16-12-10-7-11-15-19(16)18(4-2)17-13-8-5-6-9-14-17;1-2/h8-12,15-17H,7,13-14H2,1-6H3;4,7,10-11,15,17H,3,5-6,8-9,12-14H2,1-2H3;1-2H3/b20-8+;18-4-;/t15-,16+,17?,21?;;. The van der Waals surface area contributed by atoms with Crippen molar-refractivity contribution in [1.82, 2.24) is 0 Å². The van der Waals surface area contributed by atoms with Gasteiger partial charge in [0.2, 0.25) is 0 Å². The molecule has 234 valence electrons. The van der Waals surface area contributed by atoms with E-state index in [0.29, 0.717) is 5.41 Å². The molecule has 4 rings (SSSR count). The highest BCUT2D eigenvalue weighted by atomic mass is 14.4. The summed E-state index contributed by atoms with van der Waals surface area (Å²) in [4.78, 5) is 0. The van der Waals surface area contributed by atoms with Crippen LogP contribution in [-0.2, 0) is 6.42 Å². The molecular weight excluding hydrogens is 504 g/mol. The van der Waals surface area contributed by atoms with Crippen molar-refractivity contribution in [3.63, 3.8) is 0 Å².